The highest BCUT2D eigenvalue weighted by Gasteiger charge is 2.55. The number of rotatable bonds is 1. The SMILES string of the molecule is CCC1=C2C3Cc4cc(O)ccc4C2(CCC1)C3. The summed E-state index contributed by atoms with van der Waals surface area (Å²) in [5.74, 6) is 1.22. The molecule has 0 heterocycles. The second-order valence-corrected chi connectivity index (χ2v) is 6.25. The van der Waals surface area contributed by atoms with Crippen molar-refractivity contribution in [3.63, 3.8) is 0 Å². The molecule has 1 fully saturated rings. The number of hydrogen-bond donors (Lipinski definition) is 1. The molecular formula is C17H20O. The second kappa shape index (κ2) is 3.40. The zero-order chi connectivity index (χ0) is 12.3. The van der Waals surface area contributed by atoms with Gasteiger partial charge in [-0.2, -0.15) is 0 Å². The summed E-state index contributed by atoms with van der Waals surface area (Å²) in [7, 11) is 0. The van der Waals surface area contributed by atoms with Crippen molar-refractivity contribution in [2.24, 2.45) is 5.92 Å². The molecule has 0 saturated heterocycles. The Morgan fingerprint density at radius 3 is 3.11 bits per heavy atom. The number of allylic oxidation sites excluding steroid dienone is 2. The van der Waals surface area contributed by atoms with E-state index in [-0.39, 0.29) is 0 Å². The van der Waals surface area contributed by atoms with Crippen LogP contribution in [0.1, 0.15) is 50.2 Å². The van der Waals surface area contributed by atoms with Crippen molar-refractivity contribution >= 4 is 0 Å². The van der Waals surface area contributed by atoms with E-state index < -0.39 is 0 Å². The molecule has 0 aliphatic heterocycles. The first-order valence-electron chi connectivity index (χ1n) is 7.29. The molecule has 2 bridgehead atoms. The molecule has 2 unspecified atom stereocenters. The Morgan fingerprint density at radius 2 is 2.28 bits per heavy atom. The van der Waals surface area contributed by atoms with Gasteiger partial charge < -0.3 is 5.11 Å². The van der Waals surface area contributed by atoms with E-state index in [4.69, 9.17) is 0 Å². The Morgan fingerprint density at radius 1 is 1.39 bits per heavy atom. The zero-order valence-corrected chi connectivity index (χ0v) is 11.0. The molecule has 2 atom stereocenters. The Bertz CT molecular complexity index is 555. The molecule has 1 N–H and O–H groups in total. The van der Waals surface area contributed by atoms with Crippen molar-refractivity contribution < 1.29 is 5.11 Å². The predicted octanol–water partition coefficient (Wildman–Crippen LogP) is 4.10. The van der Waals surface area contributed by atoms with Crippen molar-refractivity contribution in [2.75, 3.05) is 0 Å². The van der Waals surface area contributed by atoms with Crippen molar-refractivity contribution in [2.45, 2.75) is 50.9 Å². The van der Waals surface area contributed by atoms with E-state index in [0.29, 0.717) is 11.2 Å². The van der Waals surface area contributed by atoms with Crippen molar-refractivity contribution in [3.05, 3.63) is 40.5 Å². The van der Waals surface area contributed by atoms with Gasteiger partial charge in [0.15, 0.2) is 0 Å². The maximum absolute atomic E-state index is 9.67. The third-order valence-corrected chi connectivity index (χ3v) is 5.48. The third-order valence-electron chi connectivity index (χ3n) is 5.48. The normalized spacial score (nSPS) is 32.6. The first-order chi connectivity index (χ1) is 8.74. The van der Waals surface area contributed by atoms with Crippen molar-refractivity contribution in [1.29, 1.82) is 0 Å². The van der Waals surface area contributed by atoms with E-state index in [1.54, 1.807) is 11.1 Å². The van der Waals surface area contributed by atoms with E-state index in [9.17, 15) is 5.11 Å². The highest BCUT2D eigenvalue weighted by molar-refractivity contribution is 5.57. The highest BCUT2D eigenvalue weighted by atomic mass is 16.3. The third kappa shape index (κ3) is 1.13. The molecule has 3 aliphatic rings. The molecule has 0 amide bonds. The lowest BCUT2D eigenvalue weighted by Gasteiger charge is -2.59. The molecule has 1 saturated carbocycles. The molecule has 94 valence electrons. The Balaban J connectivity index is 1.93. The molecule has 3 aliphatic carbocycles. The van der Waals surface area contributed by atoms with Gasteiger partial charge in [-0.15, -0.1) is 0 Å². The molecular weight excluding hydrogens is 220 g/mol. The van der Waals surface area contributed by atoms with Crippen LogP contribution in [-0.4, -0.2) is 5.11 Å². The number of hydrogen-bond acceptors (Lipinski definition) is 1. The van der Waals surface area contributed by atoms with Gasteiger partial charge in [0, 0.05) is 5.41 Å². The predicted molar refractivity (Wildman–Crippen MR) is 72.8 cm³/mol. The summed E-state index contributed by atoms with van der Waals surface area (Å²) in [6, 6.07) is 6.07. The number of fused-ring (bicyclic) bond motifs is 1. The summed E-state index contributed by atoms with van der Waals surface area (Å²) in [6.07, 6.45) is 7.77. The summed E-state index contributed by atoms with van der Waals surface area (Å²) < 4.78 is 0. The molecule has 1 heteroatoms. The monoisotopic (exact) mass is 240 g/mol. The maximum Gasteiger partial charge on any atom is 0.115 e. The van der Waals surface area contributed by atoms with Crippen LogP contribution in [0.5, 0.6) is 5.75 Å². The Labute approximate surface area is 109 Å². The van der Waals surface area contributed by atoms with Crippen LogP contribution >= 0.6 is 0 Å². The van der Waals surface area contributed by atoms with E-state index in [1.807, 2.05) is 12.1 Å². The van der Waals surface area contributed by atoms with E-state index in [1.165, 1.54) is 43.2 Å². The van der Waals surface area contributed by atoms with Crippen molar-refractivity contribution in [1.82, 2.24) is 0 Å². The topological polar surface area (TPSA) is 20.2 Å². The van der Waals surface area contributed by atoms with Gasteiger partial charge in [-0.25, -0.2) is 0 Å². The Hall–Kier alpha value is -1.24. The minimum absolute atomic E-state index is 0.384. The summed E-state index contributed by atoms with van der Waals surface area (Å²) in [6.45, 7) is 2.31. The van der Waals surface area contributed by atoms with Gasteiger partial charge in [0.05, 0.1) is 0 Å². The summed E-state index contributed by atoms with van der Waals surface area (Å²) in [4.78, 5) is 0. The average molecular weight is 240 g/mol. The second-order valence-electron chi connectivity index (χ2n) is 6.25. The fourth-order valence-electron chi connectivity index (χ4n) is 4.91. The highest BCUT2D eigenvalue weighted by Crippen LogP contribution is 2.64. The lowest BCUT2D eigenvalue weighted by Crippen LogP contribution is -2.51. The number of benzene rings is 1. The molecule has 0 spiro atoms. The van der Waals surface area contributed by atoms with Crippen LogP contribution < -0.4 is 0 Å². The van der Waals surface area contributed by atoms with Crippen molar-refractivity contribution in [3.8, 4) is 5.75 Å². The van der Waals surface area contributed by atoms with E-state index in [0.717, 1.165) is 12.3 Å². The minimum atomic E-state index is 0.384. The summed E-state index contributed by atoms with van der Waals surface area (Å²) in [5, 5.41) is 9.67. The minimum Gasteiger partial charge on any atom is -0.508 e. The Kier molecular flexibility index (Phi) is 2.02. The van der Waals surface area contributed by atoms with Gasteiger partial charge in [0.1, 0.15) is 5.75 Å². The van der Waals surface area contributed by atoms with E-state index in [2.05, 4.69) is 13.0 Å². The van der Waals surface area contributed by atoms with Gasteiger partial charge in [-0.3, -0.25) is 0 Å². The van der Waals surface area contributed by atoms with Crippen LogP contribution in [-0.2, 0) is 11.8 Å². The molecule has 18 heavy (non-hydrogen) atoms. The van der Waals surface area contributed by atoms with Crippen LogP contribution in [0.3, 0.4) is 0 Å². The largest absolute Gasteiger partial charge is 0.508 e. The lowest BCUT2D eigenvalue weighted by atomic mass is 9.44. The van der Waals surface area contributed by atoms with Crippen LogP contribution in [0.15, 0.2) is 29.3 Å². The molecule has 1 aromatic carbocycles. The van der Waals surface area contributed by atoms with Crippen LogP contribution in [0.2, 0.25) is 0 Å². The first-order valence-corrected chi connectivity index (χ1v) is 7.29. The molecule has 0 aromatic heterocycles. The number of phenols is 1. The van der Waals surface area contributed by atoms with Crippen LogP contribution in [0, 0.1) is 5.92 Å². The fraction of sp³-hybridized carbons (Fsp3) is 0.529. The van der Waals surface area contributed by atoms with Crippen LogP contribution in [0.4, 0.5) is 0 Å². The lowest BCUT2D eigenvalue weighted by molar-refractivity contribution is 0.191. The van der Waals surface area contributed by atoms with Gasteiger partial charge >= 0.3 is 0 Å². The van der Waals surface area contributed by atoms with Crippen LogP contribution in [0.25, 0.3) is 0 Å². The zero-order valence-electron chi connectivity index (χ0n) is 11.0. The summed E-state index contributed by atoms with van der Waals surface area (Å²) in [5.41, 5.74) is 6.87. The van der Waals surface area contributed by atoms with Gasteiger partial charge in [-0.05, 0) is 67.7 Å². The molecule has 1 aromatic rings. The van der Waals surface area contributed by atoms with Gasteiger partial charge in [0.25, 0.3) is 0 Å². The molecule has 4 rings (SSSR count). The smallest absolute Gasteiger partial charge is 0.115 e. The standard InChI is InChI=1S/C17H20O/c1-2-11-4-3-7-17-10-13(16(11)17)8-12-9-14(18)5-6-15(12)17/h5-6,9,13,18H,2-4,7-8,10H2,1H3. The van der Waals surface area contributed by atoms with Gasteiger partial charge in [-0.1, -0.05) is 24.1 Å². The fourth-order valence-corrected chi connectivity index (χ4v) is 4.91. The first kappa shape index (κ1) is 10.7. The maximum atomic E-state index is 9.67. The quantitative estimate of drug-likeness (QED) is 0.733. The average Bonchev–Trinajstić information content (AvgIpc) is 2.36. The van der Waals surface area contributed by atoms with E-state index >= 15 is 0 Å². The molecule has 1 nitrogen and oxygen atoms in total. The van der Waals surface area contributed by atoms with Gasteiger partial charge in [0.2, 0.25) is 0 Å². The number of phenolic OH excluding ortho intramolecular Hbond substituents is 1. The number of aromatic hydroxyl groups is 1. The molecule has 0 radical (unpaired) electrons. The summed E-state index contributed by atoms with van der Waals surface area (Å²) >= 11 is 0.